The largest absolute Gasteiger partial charge is 0.400 e. The lowest BCUT2D eigenvalue weighted by atomic mass is 9.68. The Morgan fingerprint density at radius 3 is 2.22 bits per heavy atom. The topological polar surface area (TPSA) is 104 Å². The second-order valence-electron chi connectivity index (χ2n) is 6.76. The summed E-state index contributed by atoms with van der Waals surface area (Å²) in [5.74, 6) is 0.801. The number of aliphatic hydroxyl groups is 1. The van der Waals surface area contributed by atoms with Crippen LogP contribution in [0, 0.1) is 11.3 Å². The van der Waals surface area contributed by atoms with Crippen LogP contribution in [0.2, 0.25) is 0 Å². The van der Waals surface area contributed by atoms with Gasteiger partial charge in [0.25, 0.3) is 0 Å². The minimum atomic E-state index is -0.211. The predicted molar refractivity (Wildman–Crippen MR) is 92.8 cm³/mol. The van der Waals surface area contributed by atoms with Gasteiger partial charge < -0.3 is 21.5 Å². The monoisotopic (exact) mass is 329 g/mol. The maximum atomic E-state index is 11.4. The molecule has 1 aliphatic heterocycles. The van der Waals surface area contributed by atoms with Crippen molar-refractivity contribution >= 4 is 11.8 Å². The number of β-lactam (4-membered cyclic amide) rings is 1. The Morgan fingerprint density at radius 2 is 1.96 bits per heavy atom. The highest BCUT2D eigenvalue weighted by molar-refractivity contribution is 5.88. The summed E-state index contributed by atoms with van der Waals surface area (Å²) in [6.45, 7) is 8.41. The van der Waals surface area contributed by atoms with Crippen molar-refractivity contribution in [2.75, 3.05) is 20.2 Å². The number of rotatable bonds is 5. The summed E-state index contributed by atoms with van der Waals surface area (Å²) < 4.78 is 0. The van der Waals surface area contributed by atoms with Gasteiger partial charge in [0.2, 0.25) is 11.8 Å². The van der Waals surface area contributed by atoms with E-state index in [1.165, 1.54) is 12.8 Å². The third kappa shape index (κ3) is 7.79. The molecule has 1 saturated carbocycles. The molecule has 2 aliphatic rings. The Labute approximate surface area is 140 Å². The third-order valence-corrected chi connectivity index (χ3v) is 4.32. The van der Waals surface area contributed by atoms with Gasteiger partial charge >= 0.3 is 0 Å². The first-order valence-corrected chi connectivity index (χ1v) is 8.64. The van der Waals surface area contributed by atoms with Gasteiger partial charge in [-0.3, -0.25) is 9.59 Å². The van der Waals surface area contributed by atoms with E-state index in [-0.39, 0.29) is 11.3 Å². The molecule has 23 heavy (non-hydrogen) atoms. The first-order chi connectivity index (χ1) is 10.9. The fraction of sp³-hybridized carbons (Fsp3) is 0.882. The van der Waals surface area contributed by atoms with Gasteiger partial charge in [-0.2, -0.15) is 0 Å². The van der Waals surface area contributed by atoms with E-state index < -0.39 is 0 Å². The number of nitrogens with two attached hydrogens (primary N) is 1. The average Bonchev–Trinajstić information content (AvgIpc) is 2.54. The highest BCUT2D eigenvalue weighted by Gasteiger charge is 2.47. The molecule has 5 N–H and O–H groups in total. The van der Waals surface area contributed by atoms with E-state index in [9.17, 15) is 9.59 Å². The van der Waals surface area contributed by atoms with Crippen molar-refractivity contribution in [3.05, 3.63) is 0 Å². The summed E-state index contributed by atoms with van der Waals surface area (Å²) in [5, 5.41) is 13.5. The normalized spacial score (nSPS) is 25.5. The van der Waals surface area contributed by atoms with Gasteiger partial charge in [0.1, 0.15) is 0 Å². The van der Waals surface area contributed by atoms with E-state index in [4.69, 9.17) is 10.8 Å². The smallest absolute Gasteiger partial charge is 0.228 e. The summed E-state index contributed by atoms with van der Waals surface area (Å²) in [6, 6.07) is 0.645. The van der Waals surface area contributed by atoms with Crippen molar-refractivity contribution in [3.8, 4) is 0 Å². The number of aliphatic hydroxyl groups excluding tert-OH is 1. The summed E-state index contributed by atoms with van der Waals surface area (Å²) >= 11 is 0. The lowest BCUT2D eigenvalue weighted by Crippen LogP contribution is -2.61. The lowest BCUT2D eigenvalue weighted by Gasteiger charge is -2.45. The van der Waals surface area contributed by atoms with Crippen molar-refractivity contribution in [1.29, 1.82) is 0 Å². The Bertz CT molecular complexity index is 351. The van der Waals surface area contributed by atoms with Gasteiger partial charge in [0.15, 0.2) is 0 Å². The number of carbonyl (C=O) groups is 2. The second-order valence-corrected chi connectivity index (χ2v) is 6.76. The van der Waals surface area contributed by atoms with Crippen LogP contribution in [-0.2, 0) is 9.59 Å². The van der Waals surface area contributed by atoms with Crippen LogP contribution in [0.5, 0.6) is 0 Å². The molecule has 2 amide bonds. The molecule has 6 nitrogen and oxygen atoms in total. The molecule has 1 saturated heterocycles. The van der Waals surface area contributed by atoms with E-state index in [1.54, 1.807) is 0 Å². The standard InChI is InChI=1S/C12H22N2O.C4H9NO.CH4O/c1-9(2)7-13-10-3-5-12(6-4-10)8-14-11(12)15;1-2-3-4(5)6;1-2/h9-10,13H,3-8H2,1-2H3,(H,14,15);2-3H2,1H3,(H2,5,6);2H,1H3. The second kappa shape index (κ2) is 11.4. The maximum Gasteiger partial charge on any atom is 0.228 e. The van der Waals surface area contributed by atoms with Crippen LogP contribution in [0.3, 0.4) is 0 Å². The summed E-state index contributed by atoms with van der Waals surface area (Å²) in [5.41, 5.74) is 4.80. The molecule has 0 aromatic carbocycles. The minimum absolute atomic E-state index is 0.0377. The molecule has 2 fully saturated rings. The van der Waals surface area contributed by atoms with Crippen LogP contribution >= 0.6 is 0 Å². The van der Waals surface area contributed by atoms with Crippen molar-refractivity contribution in [3.63, 3.8) is 0 Å². The zero-order valence-corrected chi connectivity index (χ0v) is 15.2. The van der Waals surface area contributed by atoms with Gasteiger partial charge in [-0.15, -0.1) is 0 Å². The summed E-state index contributed by atoms with van der Waals surface area (Å²) in [6.07, 6.45) is 5.86. The van der Waals surface area contributed by atoms with Gasteiger partial charge in [-0.05, 0) is 44.6 Å². The van der Waals surface area contributed by atoms with Crippen molar-refractivity contribution in [2.45, 2.75) is 65.3 Å². The number of carbonyl (C=O) groups excluding carboxylic acids is 2. The number of primary amides is 1. The Balaban J connectivity index is 0.000000515. The number of hydrogen-bond acceptors (Lipinski definition) is 4. The molecule has 136 valence electrons. The van der Waals surface area contributed by atoms with Crippen LogP contribution in [0.4, 0.5) is 0 Å². The lowest BCUT2D eigenvalue weighted by molar-refractivity contribution is -0.142. The molecular weight excluding hydrogens is 294 g/mol. The molecule has 0 aromatic rings. The van der Waals surface area contributed by atoms with Crippen molar-refractivity contribution in [2.24, 2.45) is 17.1 Å². The molecule has 0 unspecified atom stereocenters. The quantitative estimate of drug-likeness (QED) is 0.568. The minimum Gasteiger partial charge on any atom is -0.400 e. The average molecular weight is 329 g/mol. The molecule has 6 heteroatoms. The van der Waals surface area contributed by atoms with E-state index in [2.05, 4.69) is 24.5 Å². The van der Waals surface area contributed by atoms with E-state index in [0.29, 0.717) is 24.3 Å². The van der Waals surface area contributed by atoms with Crippen LogP contribution in [-0.4, -0.2) is 43.2 Å². The van der Waals surface area contributed by atoms with Crippen LogP contribution in [0.25, 0.3) is 0 Å². The zero-order chi connectivity index (χ0) is 17.9. The van der Waals surface area contributed by atoms with Crippen LogP contribution in [0.15, 0.2) is 0 Å². The Hall–Kier alpha value is -1.14. The molecule has 1 aliphatic carbocycles. The number of nitrogens with one attached hydrogen (secondary N) is 2. The van der Waals surface area contributed by atoms with E-state index in [0.717, 1.165) is 39.5 Å². The molecule has 0 bridgehead atoms. The van der Waals surface area contributed by atoms with Crippen LogP contribution < -0.4 is 16.4 Å². The third-order valence-electron chi connectivity index (χ3n) is 4.32. The molecule has 2 rings (SSSR count). The summed E-state index contributed by atoms with van der Waals surface area (Å²) in [7, 11) is 1.00. The maximum absolute atomic E-state index is 11.4. The summed E-state index contributed by atoms with van der Waals surface area (Å²) in [4.78, 5) is 21.3. The fourth-order valence-corrected chi connectivity index (χ4v) is 2.84. The predicted octanol–water partition coefficient (Wildman–Crippen LogP) is 1.17. The van der Waals surface area contributed by atoms with E-state index in [1.807, 2.05) is 6.92 Å². The highest BCUT2D eigenvalue weighted by atomic mass is 16.2. The van der Waals surface area contributed by atoms with Crippen molar-refractivity contribution in [1.82, 2.24) is 10.6 Å². The van der Waals surface area contributed by atoms with Crippen LogP contribution in [0.1, 0.15) is 59.3 Å². The Morgan fingerprint density at radius 1 is 1.39 bits per heavy atom. The van der Waals surface area contributed by atoms with Gasteiger partial charge in [-0.25, -0.2) is 0 Å². The molecule has 1 spiro atoms. The number of amides is 2. The molecule has 1 heterocycles. The highest BCUT2D eigenvalue weighted by Crippen LogP contribution is 2.40. The number of hydrogen-bond donors (Lipinski definition) is 4. The van der Waals surface area contributed by atoms with Crippen molar-refractivity contribution < 1.29 is 14.7 Å². The van der Waals surface area contributed by atoms with E-state index >= 15 is 0 Å². The molecule has 0 atom stereocenters. The molecule has 0 aromatic heterocycles. The molecule has 0 radical (unpaired) electrons. The SMILES string of the molecule is CC(C)CNC1CCC2(CC1)CNC2=O.CCCC(N)=O.CO. The van der Waals surface area contributed by atoms with Gasteiger partial charge in [0.05, 0.1) is 5.41 Å². The van der Waals surface area contributed by atoms with Gasteiger partial charge in [0, 0.05) is 26.1 Å². The zero-order valence-electron chi connectivity index (χ0n) is 15.2. The molecular formula is C17H35N3O3. The first-order valence-electron chi connectivity index (χ1n) is 8.64. The first kappa shape index (κ1) is 21.9. The Kier molecular flexibility index (Phi) is 10.8. The van der Waals surface area contributed by atoms with Gasteiger partial charge in [-0.1, -0.05) is 20.8 Å². The fourth-order valence-electron chi connectivity index (χ4n) is 2.84.